The van der Waals surface area contributed by atoms with Crippen molar-refractivity contribution in [2.24, 2.45) is 0 Å². The molecule has 0 N–H and O–H groups in total. The van der Waals surface area contributed by atoms with Crippen LogP contribution in [0, 0.1) is 6.92 Å². The van der Waals surface area contributed by atoms with Crippen LogP contribution >= 0.6 is 0 Å². The first-order chi connectivity index (χ1) is 18.4. The SMILES string of the molecule is CON(C(=O)OC(C)C)c1ccc(-c2nc(C3CCC(N4CCN(C)CC4)CC3)n3ccnc(C)c23)cc1. The number of carbonyl (C=O) groups is 1. The van der Waals surface area contributed by atoms with Gasteiger partial charge in [-0.25, -0.2) is 9.78 Å². The number of rotatable bonds is 6. The number of piperazine rings is 1. The summed E-state index contributed by atoms with van der Waals surface area (Å²) in [5, 5.41) is 1.16. The van der Waals surface area contributed by atoms with E-state index in [1.54, 1.807) is 0 Å². The first-order valence-electron chi connectivity index (χ1n) is 13.8. The van der Waals surface area contributed by atoms with E-state index in [-0.39, 0.29) is 6.10 Å². The summed E-state index contributed by atoms with van der Waals surface area (Å²) in [5.74, 6) is 1.55. The summed E-state index contributed by atoms with van der Waals surface area (Å²) in [6, 6.07) is 8.36. The fourth-order valence-corrected chi connectivity index (χ4v) is 5.88. The van der Waals surface area contributed by atoms with E-state index in [0.29, 0.717) is 17.6 Å². The molecular formula is C29H40N6O3. The highest BCUT2D eigenvalue weighted by Crippen LogP contribution is 2.38. The van der Waals surface area contributed by atoms with Crippen molar-refractivity contribution in [1.29, 1.82) is 0 Å². The lowest BCUT2D eigenvalue weighted by Crippen LogP contribution is -2.49. The van der Waals surface area contributed by atoms with Crippen molar-refractivity contribution < 1.29 is 14.4 Å². The zero-order valence-electron chi connectivity index (χ0n) is 23.3. The van der Waals surface area contributed by atoms with Gasteiger partial charge in [-0.1, -0.05) is 12.1 Å². The molecule has 0 spiro atoms. The molecule has 1 saturated carbocycles. The second-order valence-corrected chi connectivity index (χ2v) is 10.9. The largest absolute Gasteiger partial charge is 0.445 e. The second-order valence-electron chi connectivity index (χ2n) is 10.9. The molecule has 2 fully saturated rings. The van der Waals surface area contributed by atoms with Crippen LogP contribution < -0.4 is 5.06 Å². The van der Waals surface area contributed by atoms with Gasteiger partial charge in [-0.05, 0) is 65.6 Å². The molecule has 9 nitrogen and oxygen atoms in total. The highest BCUT2D eigenvalue weighted by Gasteiger charge is 2.31. The van der Waals surface area contributed by atoms with Gasteiger partial charge in [0.2, 0.25) is 0 Å². The number of imidazole rings is 1. The molecule has 3 aromatic rings. The molecule has 1 aliphatic carbocycles. The molecule has 3 heterocycles. The van der Waals surface area contributed by atoms with Crippen LogP contribution in [0.2, 0.25) is 0 Å². The zero-order chi connectivity index (χ0) is 26.8. The number of aryl methyl sites for hydroxylation is 1. The van der Waals surface area contributed by atoms with Crippen LogP contribution in [0.1, 0.15) is 57.0 Å². The predicted octanol–water partition coefficient (Wildman–Crippen LogP) is 4.89. The summed E-state index contributed by atoms with van der Waals surface area (Å²) in [4.78, 5) is 32.7. The third kappa shape index (κ3) is 5.41. The topological polar surface area (TPSA) is 75.4 Å². The van der Waals surface area contributed by atoms with Gasteiger partial charge in [-0.15, -0.1) is 0 Å². The lowest BCUT2D eigenvalue weighted by molar-refractivity contribution is 0.0796. The number of aromatic nitrogens is 3. The molecule has 0 radical (unpaired) electrons. The van der Waals surface area contributed by atoms with Gasteiger partial charge in [0, 0.05) is 56.1 Å². The number of anilines is 1. The Morgan fingerprint density at radius 3 is 2.37 bits per heavy atom. The van der Waals surface area contributed by atoms with E-state index in [1.807, 2.05) is 57.4 Å². The Hall–Kier alpha value is -3.01. The van der Waals surface area contributed by atoms with Gasteiger partial charge in [-0.2, -0.15) is 5.06 Å². The Morgan fingerprint density at radius 1 is 1.05 bits per heavy atom. The molecule has 2 aromatic heterocycles. The molecule has 204 valence electrons. The number of hydrogen-bond acceptors (Lipinski definition) is 7. The van der Waals surface area contributed by atoms with Crippen LogP contribution in [0.4, 0.5) is 10.5 Å². The van der Waals surface area contributed by atoms with Gasteiger partial charge in [-0.3, -0.25) is 19.1 Å². The van der Waals surface area contributed by atoms with Crippen molar-refractivity contribution in [2.75, 3.05) is 45.4 Å². The van der Waals surface area contributed by atoms with Crippen LogP contribution in [0.3, 0.4) is 0 Å². The fraction of sp³-hybridized carbons (Fsp3) is 0.552. The monoisotopic (exact) mass is 520 g/mol. The predicted molar refractivity (Wildman–Crippen MR) is 148 cm³/mol. The molecule has 38 heavy (non-hydrogen) atoms. The zero-order valence-corrected chi connectivity index (χ0v) is 23.3. The number of carbonyl (C=O) groups excluding carboxylic acids is 1. The highest BCUT2D eigenvalue weighted by atomic mass is 16.7. The van der Waals surface area contributed by atoms with Crippen LogP contribution in [-0.2, 0) is 9.57 Å². The van der Waals surface area contributed by atoms with Gasteiger partial charge in [0.15, 0.2) is 0 Å². The molecule has 2 aliphatic rings. The first-order valence-corrected chi connectivity index (χ1v) is 13.8. The Kier molecular flexibility index (Phi) is 7.97. The molecule has 9 heteroatoms. The molecule has 1 aromatic carbocycles. The highest BCUT2D eigenvalue weighted by molar-refractivity contribution is 5.87. The summed E-state index contributed by atoms with van der Waals surface area (Å²) in [6.45, 7) is 10.4. The van der Waals surface area contributed by atoms with Crippen LogP contribution in [-0.4, -0.2) is 82.7 Å². The number of amides is 1. The van der Waals surface area contributed by atoms with Gasteiger partial charge >= 0.3 is 6.09 Å². The maximum Gasteiger partial charge on any atom is 0.439 e. The number of nitrogens with zero attached hydrogens (tertiary/aromatic N) is 6. The molecule has 1 aliphatic heterocycles. The Balaban J connectivity index is 1.38. The summed E-state index contributed by atoms with van der Waals surface area (Å²) in [6.07, 6.45) is 7.87. The van der Waals surface area contributed by atoms with E-state index >= 15 is 0 Å². The van der Waals surface area contributed by atoms with E-state index in [9.17, 15) is 4.79 Å². The minimum absolute atomic E-state index is 0.234. The number of hydroxylamine groups is 1. The molecular weight excluding hydrogens is 480 g/mol. The Bertz CT molecular complexity index is 1240. The standard InChI is InChI=1S/C29H40N6O3/c1-20(2)38-29(36)35(37-5)25-12-6-22(7-13-25)26-27-21(3)30-14-15-34(27)28(31-26)23-8-10-24(11-9-23)33-18-16-32(4)17-19-33/h6-7,12-15,20,23-24H,8-11,16-19H2,1-5H3. The Labute approximate surface area is 225 Å². The van der Waals surface area contributed by atoms with Crippen molar-refractivity contribution in [3.63, 3.8) is 0 Å². The van der Waals surface area contributed by atoms with Crippen LogP contribution in [0.25, 0.3) is 16.8 Å². The molecule has 0 unspecified atom stereocenters. The lowest BCUT2D eigenvalue weighted by atomic mass is 9.84. The smallest absolute Gasteiger partial charge is 0.439 e. The number of fused-ring (bicyclic) bond motifs is 1. The maximum absolute atomic E-state index is 12.4. The lowest BCUT2D eigenvalue weighted by Gasteiger charge is -2.41. The van der Waals surface area contributed by atoms with Gasteiger partial charge < -0.3 is 9.64 Å². The second kappa shape index (κ2) is 11.4. The number of hydrogen-bond donors (Lipinski definition) is 0. The van der Waals surface area contributed by atoms with Crippen molar-refractivity contribution in [1.82, 2.24) is 24.2 Å². The van der Waals surface area contributed by atoms with Gasteiger partial charge in [0.25, 0.3) is 0 Å². The molecule has 1 amide bonds. The van der Waals surface area contributed by atoms with Crippen molar-refractivity contribution >= 4 is 17.3 Å². The molecule has 5 rings (SSSR count). The fourth-order valence-electron chi connectivity index (χ4n) is 5.88. The molecule has 1 saturated heterocycles. The van der Waals surface area contributed by atoms with E-state index in [1.165, 1.54) is 46.1 Å². The first kappa shape index (κ1) is 26.6. The number of ether oxygens (including phenoxy) is 1. The summed E-state index contributed by atoms with van der Waals surface area (Å²) >= 11 is 0. The number of benzene rings is 1. The molecule has 0 bridgehead atoms. The van der Waals surface area contributed by atoms with Gasteiger partial charge in [0.05, 0.1) is 35.8 Å². The van der Waals surface area contributed by atoms with Crippen molar-refractivity contribution in [2.45, 2.75) is 64.5 Å². The van der Waals surface area contributed by atoms with E-state index in [2.05, 4.69) is 26.2 Å². The normalized spacial score (nSPS) is 21.2. The summed E-state index contributed by atoms with van der Waals surface area (Å²) < 4.78 is 7.54. The third-order valence-electron chi connectivity index (χ3n) is 7.94. The third-order valence-corrected chi connectivity index (χ3v) is 7.94. The van der Waals surface area contributed by atoms with Crippen LogP contribution in [0.5, 0.6) is 0 Å². The number of likely N-dealkylation sites (N-methyl/N-ethyl adjacent to an activating group) is 1. The van der Waals surface area contributed by atoms with Crippen LogP contribution in [0.15, 0.2) is 36.7 Å². The van der Waals surface area contributed by atoms with Gasteiger partial charge in [0.1, 0.15) is 5.82 Å². The Morgan fingerprint density at radius 2 is 1.74 bits per heavy atom. The van der Waals surface area contributed by atoms with E-state index < -0.39 is 6.09 Å². The maximum atomic E-state index is 12.4. The van der Waals surface area contributed by atoms with E-state index in [0.717, 1.165) is 46.2 Å². The van der Waals surface area contributed by atoms with Crippen molar-refractivity contribution in [3.05, 3.63) is 48.2 Å². The average molecular weight is 521 g/mol. The quantitative estimate of drug-likeness (QED) is 0.428. The minimum Gasteiger partial charge on any atom is -0.445 e. The minimum atomic E-state index is -0.544. The molecule has 0 atom stereocenters. The van der Waals surface area contributed by atoms with E-state index in [4.69, 9.17) is 14.6 Å². The summed E-state index contributed by atoms with van der Waals surface area (Å²) in [7, 11) is 3.67. The average Bonchev–Trinajstić information content (AvgIpc) is 3.31. The summed E-state index contributed by atoms with van der Waals surface area (Å²) in [5.41, 5.74) is 4.50. The van der Waals surface area contributed by atoms with Crippen molar-refractivity contribution in [3.8, 4) is 11.3 Å².